The topological polar surface area (TPSA) is 162 Å². The van der Waals surface area contributed by atoms with E-state index in [2.05, 4.69) is 25.9 Å². The number of carbonyl (C=O) groups is 2. The number of nitrogens with one attached hydrogen (secondary N) is 4. The average Bonchev–Trinajstić information content (AvgIpc) is 2.90. The van der Waals surface area contributed by atoms with Crippen LogP contribution in [0.15, 0.2) is 59.6 Å². The molecule has 39 heavy (non-hydrogen) atoms. The van der Waals surface area contributed by atoms with Gasteiger partial charge in [-0.05, 0) is 57.0 Å². The van der Waals surface area contributed by atoms with Crippen molar-refractivity contribution in [3.05, 3.63) is 59.8 Å². The van der Waals surface area contributed by atoms with Crippen LogP contribution in [0, 0.1) is 0 Å². The van der Waals surface area contributed by atoms with Crippen LogP contribution in [0.4, 0.5) is 28.8 Å². The lowest BCUT2D eigenvalue weighted by atomic mass is 10.1. The van der Waals surface area contributed by atoms with Gasteiger partial charge in [-0.1, -0.05) is 36.2 Å². The first-order valence-electron chi connectivity index (χ1n) is 12.3. The average molecular weight is 575 g/mol. The number of amides is 2. The van der Waals surface area contributed by atoms with Gasteiger partial charge in [0.05, 0.1) is 22.0 Å². The second-order valence-corrected chi connectivity index (χ2v) is 11.8. The summed E-state index contributed by atoms with van der Waals surface area (Å²) in [5.41, 5.74) is 3.11. The highest BCUT2D eigenvalue weighted by Crippen LogP contribution is 2.30. The van der Waals surface area contributed by atoms with Crippen LogP contribution < -0.4 is 21.4 Å². The molecule has 0 bridgehead atoms. The van der Waals surface area contributed by atoms with Gasteiger partial charge in [-0.25, -0.2) is 18.9 Å². The van der Waals surface area contributed by atoms with E-state index < -0.39 is 21.0 Å². The molecule has 5 N–H and O–H groups in total. The first-order chi connectivity index (χ1) is 18.6. The SMILES string of the molecule is CC(C)S(=O)(=O)c1ccccc1Nc1nc(Nc2cccc(NC(=O)CCCCCC(=O)NO)c2)ncc1Cl. The minimum atomic E-state index is -3.55. The van der Waals surface area contributed by atoms with E-state index in [9.17, 15) is 18.0 Å². The smallest absolute Gasteiger partial charge is 0.243 e. The van der Waals surface area contributed by atoms with Gasteiger partial charge in [0.2, 0.25) is 17.8 Å². The lowest BCUT2D eigenvalue weighted by Crippen LogP contribution is -2.17. The van der Waals surface area contributed by atoms with Gasteiger partial charge in [-0.15, -0.1) is 0 Å². The van der Waals surface area contributed by atoms with Gasteiger partial charge in [-0.3, -0.25) is 14.8 Å². The molecule has 0 unspecified atom stereocenters. The molecular formula is C26H31ClN6O5S. The van der Waals surface area contributed by atoms with Crippen molar-refractivity contribution < 1.29 is 23.2 Å². The zero-order chi connectivity index (χ0) is 28.4. The number of rotatable bonds is 13. The highest BCUT2D eigenvalue weighted by Gasteiger charge is 2.23. The molecule has 0 aliphatic heterocycles. The third-order valence-electron chi connectivity index (χ3n) is 5.65. The minimum absolute atomic E-state index is 0.142. The van der Waals surface area contributed by atoms with E-state index in [4.69, 9.17) is 16.8 Å². The van der Waals surface area contributed by atoms with Gasteiger partial charge in [0.1, 0.15) is 5.02 Å². The van der Waals surface area contributed by atoms with Gasteiger partial charge in [0, 0.05) is 24.2 Å². The number of aromatic nitrogens is 2. The summed E-state index contributed by atoms with van der Waals surface area (Å²) in [6.45, 7) is 3.23. The fourth-order valence-electron chi connectivity index (χ4n) is 3.55. The maximum absolute atomic E-state index is 12.8. The maximum Gasteiger partial charge on any atom is 0.243 e. The zero-order valence-electron chi connectivity index (χ0n) is 21.6. The molecule has 0 radical (unpaired) electrons. The van der Waals surface area contributed by atoms with Crippen molar-refractivity contribution in [2.45, 2.75) is 56.1 Å². The van der Waals surface area contributed by atoms with E-state index >= 15 is 0 Å². The summed E-state index contributed by atoms with van der Waals surface area (Å²) in [6, 6.07) is 13.5. The van der Waals surface area contributed by atoms with Crippen molar-refractivity contribution in [1.29, 1.82) is 0 Å². The maximum atomic E-state index is 12.8. The number of hydrogen-bond acceptors (Lipinski definition) is 9. The van der Waals surface area contributed by atoms with Gasteiger partial charge < -0.3 is 16.0 Å². The first-order valence-corrected chi connectivity index (χ1v) is 14.2. The molecule has 13 heteroatoms. The summed E-state index contributed by atoms with van der Waals surface area (Å²) in [6.07, 6.45) is 3.77. The third kappa shape index (κ3) is 8.63. The van der Waals surface area contributed by atoms with Crippen LogP contribution in [0.1, 0.15) is 46.0 Å². The Balaban J connectivity index is 1.65. The molecule has 11 nitrogen and oxygen atoms in total. The van der Waals surface area contributed by atoms with Crippen LogP contribution in [0.5, 0.6) is 0 Å². The quantitative estimate of drug-likeness (QED) is 0.105. The molecule has 0 aliphatic carbocycles. The normalized spacial score (nSPS) is 11.2. The number of para-hydroxylation sites is 1. The van der Waals surface area contributed by atoms with E-state index in [1.54, 1.807) is 61.8 Å². The fourth-order valence-corrected chi connectivity index (χ4v) is 4.89. The van der Waals surface area contributed by atoms with E-state index in [0.29, 0.717) is 42.7 Å². The largest absolute Gasteiger partial charge is 0.338 e. The number of benzene rings is 2. The Bertz CT molecular complexity index is 1420. The Labute approximate surface area is 232 Å². The summed E-state index contributed by atoms with van der Waals surface area (Å²) in [5, 5.41) is 17.0. The van der Waals surface area contributed by atoms with Crippen LogP contribution in [0.2, 0.25) is 5.02 Å². The fraction of sp³-hybridized carbons (Fsp3) is 0.308. The number of nitrogens with zero attached hydrogens (tertiary/aromatic N) is 2. The predicted molar refractivity (Wildman–Crippen MR) is 150 cm³/mol. The monoisotopic (exact) mass is 574 g/mol. The summed E-state index contributed by atoms with van der Waals surface area (Å²) < 4.78 is 25.6. The summed E-state index contributed by atoms with van der Waals surface area (Å²) >= 11 is 6.30. The van der Waals surface area contributed by atoms with Crippen LogP contribution in [0.3, 0.4) is 0 Å². The highest BCUT2D eigenvalue weighted by molar-refractivity contribution is 7.92. The molecule has 3 rings (SSSR count). The van der Waals surface area contributed by atoms with Crippen molar-refractivity contribution >= 4 is 62.1 Å². The van der Waals surface area contributed by atoms with Crippen LogP contribution in [-0.2, 0) is 19.4 Å². The number of halogens is 1. The summed E-state index contributed by atoms with van der Waals surface area (Å²) in [5.74, 6) is -0.175. The summed E-state index contributed by atoms with van der Waals surface area (Å²) in [7, 11) is -3.55. The second-order valence-electron chi connectivity index (χ2n) is 8.95. The van der Waals surface area contributed by atoms with Crippen molar-refractivity contribution in [3.8, 4) is 0 Å². The van der Waals surface area contributed by atoms with Gasteiger partial charge in [-0.2, -0.15) is 4.98 Å². The molecule has 0 aliphatic rings. The molecule has 2 aromatic carbocycles. The number of carbonyl (C=O) groups excluding carboxylic acids is 2. The Morgan fingerprint density at radius 3 is 2.36 bits per heavy atom. The molecule has 0 spiro atoms. The number of unbranched alkanes of at least 4 members (excludes halogenated alkanes) is 2. The zero-order valence-corrected chi connectivity index (χ0v) is 23.1. The molecule has 0 saturated heterocycles. The standard InChI is InChI=1S/C26H31ClN6O5S/c1-17(2)39(37,38)22-12-7-6-11-21(22)31-25-20(27)16-28-26(32-25)30-19-10-8-9-18(15-19)29-23(34)13-4-3-5-14-24(35)33-36/h6-12,15-17,36H,3-5,13-14H2,1-2H3,(H,29,34)(H,33,35)(H2,28,30,31,32). The van der Waals surface area contributed by atoms with Gasteiger partial charge in [0.15, 0.2) is 15.7 Å². The molecule has 1 heterocycles. The molecule has 0 saturated carbocycles. The lowest BCUT2D eigenvalue weighted by Gasteiger charge is -2.15. The Hall–Kier alpha value is -3.74. The van der Waals surface area contributed by atoms with Crippen molar-refractivity contribution in [3.63, 3.8) is 0 Å². The van der Waals surface area contributed by atoms with E-state index in [-0.39, 0.29) is 34.0 Å². The Kier molecular flexibility index (Phi) is 10.6. The number of sulfone groups is 1. The van der Waals surface area contributed by atoms with Crippen molar-refractivity contribution in [2.75, 3.05) is 16.0 Å². The molecule has 3 aromatic rings. The molecule has 2 amide bonds. The Morgan fingerprint density at radius 2 is 1.64 bits per heavy atom. The van der Waals surface area contributed by atoms with E-state index in [0.717, 1.165) is 0 Å². The molecule has 0 fully saturated rings. The van der Waals surface area contributed by atoms with Gasteiger partial charge in [0.25, 0.3) is 0 Å². The van der Waals surface area contributed by atoms with Crippen LogP contribution >= 0.6 is 11.6 Å². The summed E-state index contributed by atoms with van der Waals surface area (Å²) in [4.78, 5) is 32.1. The highest BCUT2D eigenvalue weighted by atomic mass is 35.5. The molecular weight excluding hydrogens is 544 g/mol. The van der Waals surface area contributed by atoms with Crippen LogP contribution in [0.25, 0.3) is 0 Å². The van der Waals surface area contributed by atoms with Gasteiger partial charge >= 0.3 is 0 Å². The number of hydroxylamine groups is 1. The Morgan fingerprint density at radius 1 is 0.949 bits per heavy atom. The molecule has 0 atom stereocenters. The first kappa shape index (κ1) is 29.8. The van der Waals surface area contributed by atoms with E-state index in [1.165, 1.54) is 12.3 Å². The number of anilines is 5. The number of hydrogen-bond donors (Lipinski definition) is 5. The van der Waals surface area contributed by atoms with Crippen LogP contribution in [-0.4, -0.2) is 40.7 Å². The lowest BCUT2D eigenvalue weighted by molar-refractivity contribution is -0.129. The molecule has 1 aromatic heterocycles. The van der Waals surface area contributed by atoms with Crippen molar-refractivity contribution in [2.24, 2.45) is 0 Å². The minimum Gasteiger partial charge on any atom is -0.338 e. The third-order valence-corrected chi connectivity index (χ3v) is 8.13. The second kappa shape index (κ2) is 13.9. The van der Waals surface area contributed by atoms with Crippen molar-refractivity contribution in [1.82, 2.24) is 15.4 Å². The van der Waals surface area contributed by atoms with E-state index in [1.807, 2.05) is 0 Å². The molecule has 208 valence electrons. The predicted octanol–water partition coefficient (Wildman–Crippen LogP) is 5.19.